The van der Waals surface area contributed by atoms with Gasteiger partial charge in [0.25, 0.3) is 5.91 Å². The number of hydrogen-bond donors (Lipinski definition) is 2. The van der Waals surface area contributed by atoms with Crippen LogP contribution in [0.5, 0.6) is 5.75 Å². The van der Waals surface area contributed by atoms with Crippen molar-refractivity contribution in [3.05, 3.63) is 114 Å². The van der Waals surface area contributed by atoms with Gasteiger partial charge in [-0.3, -0.25) is 15.0 Å². The minimum atomic E-state index is -0.429. The molecule has 6 rings (SSSR count). The van der Waals surface area contributed by atoms with Crippen LogP contribution >= 0.6 is 0 Å². The van der Waals surface area contributed by atoms with Gasteiger partial charge in [-0.2, -0.15) is 0 Å². The van der Waals surface area contributed by atoms with Gasteiger partial charge in [0.2, 0.25) is 0 Å². The summed E-state index contributed by atoms with van der Waals surface area (Å²) >= 11 is 0. The molecule has 0 saturated carbocycles. The molecule has 2 N–H and O–H groups in total. The molecule has 250 valence electrons. The zero-order valence-corrected chi connectivity index (χ0v) is 27.6. The number of benzene rings is 4. The number of phenols is 1. The Kier molecular flexibility index (Phi) is 10.9. The van der Waals surface area contributed by atoms with Gasteiger partial charge in [-0.25, -0.2) is 4.79 Å². The highest BCUT2D eigenvalue weighted by Gasteiger charge is 2.24. The normalized spacial score (nSPS) is 16.0. The van der Waals surface area contributed by atoms with E-state index in [1.54, 1.807) is 17.0 Å². The Balaban J connectivity index is 0.893. The summed E-state index contributed by atoms with van der Waals surface area (Å²) in [6.07, 6.45) is 0.963. The number of nitrogens with one attached hydrogen (secondary N) is 1. The number of likely N-dealkylation sites (N-methyl/N-ethyl adjacent to an activating group) is 1. The number of nitrogens with zero attached hydrogens (tertiary/aromatic N) is 4. The van der Waals surface area contributed by atoms with Gasteiger partial charge in [-0.05, 0) is 66.4 Å². The molecule has 2 fully saturated rings. The van der Waals surface area contributed by atoms with E-state index < -0.39 is 6.09 Å². The summed E-state index contributed by atoms with van der Waals surface area (Å²) in [6, 6.07) is 33.1. The lowest BCUT2D eigenvalue weighted by molar-refractivity contribution is 0.0540. The van der Waals surface area contributed by atoms with Crippen molar-refractivity contribution in [1.82, 2.24) is 14.7 Å². The second-order valence-electron chi connectivity index (χ2n) is 12.7. The first-order valence-electron chi connectivity index (χ1n) is 16.9. The van der Waals surface area contributed by atoms with Crippen molar-refractivity contribution >= 4 is 23.4 Å². The summed E-state index contributed by atoms with van der Waals surface area (Å²) in [6.45, 7) is 7.71. The van der Waals surface area contributed by atoms with Crippen molar-refractivity contribution in [2.24, 2.45) is 0 Å². The maximum Gasteiger partial charge on any atom is 0.411 e. The maximum absolute atomic E-state index is 13.2. The molecule has 4 aromatic rings. The number of anilines is 2. The minimum Gasteiger partial charge on any atom is -0.508 e. The van der Waals surface area contributed by atoms with E-state index in [4.69, 9.17) is 4.74 Å². The van der Waals surface area contributed by atoms with Crippen molar-refractivity contribution < 1.29 is 19.4 Å². The maximum atomic E-state index is 13.2. The summed E-state index contributed by atoms with van der Waals surface area (Å²) < 4.78 is 5.79. The zero-order valence-electron chi connectivity index (χ0n) is 27.6. The highest BCUT2D eigenvalue weighted by Crippen LogP contribution is 2.28. The van der Waals surface area contributed by atoms with Crippen LogP contribution < -0.4 is 10.2 Å². The monoisotopic (exact) mass is 647 g/mol. The Morgan fingerprint density at radius 2 is 1.46 bits per heavy atom. The summed E-state index contributed by atoms with van der Waals surface area (Å²) in [5.41, 5.74) is 5.76. The average molecular weight is 648 g/mol. The molecule has 0 aliphatic carbocycles. The van der Waals surface area contributed by atoms with Crippen LogP contribution in [0.15, 0.2) is 103 Å². The van der Waals surface area contributed by atoms with Crippen molar-refractivity contribution in [3.8, 4) is 16.9 Å². The summed E-state index contributed by atoms with van der Waals surface area (Å²) in [7, 11) is 1.86. The summed E-state index contributed by atoms with van der Waals surface area (Å²) in [5, 5.41) is 12.5. The lowest BCUT2D eigenvalue weighted by Crippen LogP contribution is -2.45. The molecular formula is C39H45N5O4. The van der Waals surface area contributed by atoms with Gasteiger partial charge < -0.3 is 24.5 Å². The van der Waals surface area contributed by atoms with Gasteiger partial charge in [0.05, 0.1) is 5.69 Å². The highest BCUT2D eigenvalue weighted by atomic mass is 16.6. The predicted molar refractivity (Wildman–Crippen MR) is 190 cm³/mol. The topological polar surface area (TPSA) is 88.6 Å². The molecule has 2 aliphatic rings. The van der Waals surface area contributed by atoms with Crippen LogP contribution in [0.4, 0.5) is 16.2 Å². The number of likely N-dealkylation sites (tertiary alicyclic amines) is 1. The van der Waals surface area contributed by atoms with Crippen LogP contribution in [-0.4, -0.2) is 97.3 Å². The number of para-hydroxylation sites is 1. The molecule has 0 spiro atoms. The van der Waals surface area contributed by atoms with E-state index in [2.05, 4.69) is 32.1 Å². The van der Waals surface area contributed by atoms with Crippen LogP contribution in [0.1, 0.15) is 28.8 Å². The van der Waals surface area contributed by atoms with Gasteiger partial charge in [0, 0.05) is 82.8 Å². The number of carbonyl (C=O) groups is 2. The van der Waals surface area contributed by atoms with Gasteiger partial charge in [-0.15, -0.1) is 0 Å². The van der Waals surface area contributed by atoms with Crippen molar-refractivity contribution in [2.45, 2.75) is 25.5 Å². The number of ether oxygens (including phenoxy) is 1. The second kappa shape index (κ2) is 15.8. The van der Waals surface area contributed by atoms with E-state index in [0.717, 1.165) is 87.7 Å². The Morgan fingerprint density at radius 3 is 2.17 bits per heavy atom. The van der Waals surface area contributed by atoms with E-state index in [-0.39, 0.29) is 17.8 Å². The quantitative estimate of drug-likeness (QED) is 0.213. The first kappa shape index (κ1) is 33.1. The molecule has 0 radical (unpaired) electrons. The predicted octanol–water partition coefficient (Wildman–Crippen LogP) is 6.17. The van der Waals surface area contributed by atoms with E-state index in [1.807, 2.05) is 85.9 Å². The molecule has 2 amide bonds. The number of rotatable bonds is 10. The fourth-order valence-electron chi connectivity index (χ4n) is 6.46. The van der Waals surface area contributed by atoms with Gasteiger partial charge in [0.1, 0.15) is 11.9 Å². The van der Waals surface area contributed by atoms with Crippen LogP contribution in [0.2, 0.25) is 0 Å². The minimum absolute atomic E-state index is 0.0229. The van der Waals surface area contributed by atoms with Crippen molar-refractivity contribution in [3.63, 3.8) is 0 Å². The molecular weight excluding hydrogens is 602 g/mol. The van der Waals surface area contributed by atoms with Gasteiger partial charge >= 0.3 is 6.09 Å². The Hall–Kier alpha value is -4.86. The third-order valence-electron chi connectivity index (χ3n) is 9.35. The molecule has 2 saturated heterocycles. The van der Waals surface area contributed by atoms with E-state index in [9.17, 15) is 14.7 Å². The first-order chi connectivity index (χ1) is 23.4. The van der Waals surface area contributed by atoms with Crippen LogP contribution in [0.3, 0.4) is 0 Å². The lowest BCUT2D eigenvalue weighted by atomic mass is 10.0. The molecule has 0 atom stereocenters. The molecule has 0 aromatic heterocycles. The van der Waals surface area contributed by atoms with E-state index >= 15 is 0 Å². The Labute approximate surface area is 283 Å². The number of piperidine rings is 1. The molecule has 0 bridgehead atoms. The molecule has 48 heavy (non-hydrogen) atoms. The van der Waals surface area contributed by atoms with Gasteiger partial charge in [0.15, 0.2) is 0 Å². The molecule has 0 unspecified atom stereocenters. The van der Waals surface area contributed by atoms with E-state index in [1.165, 1.54) is 5.56 Å². The number of aromatic hydroxyl groups is 1. The molecule has 9 heteroatoms. The molecule has 2 heterocycles. The number of piperazine rings is 1. The SMILES string of the molecule is CN(CCN1CCC(OC(=O)Nc2ccccc2-c2ccccc2)CC1)C(=O)c1ccc(CN2CCN(c3ccc(O)cc3)CC2)cc1. The van der Waals surface area contributed by atoms with E-state index in [0.29, 0.717) is 12.1 Å². The number of phenolic OH excluding ortho intramolecular Hbond substituents is 1. The van der Waals surface area contributed by atoms with Gasteiger partial charge in [-0.1, -0.05) is 60.7 Å². The Morgan fingerprint density at radius 1 is 0.792 bits per heavy atom. The average Bonchev–Trinajstić information content (AvgIpc) is 3.12. The summed E-state index contributed by atoms with van der Waals surface area (Å²) in [4.78, 5) is 34.8. The second-order valence-corrected chi connectivity index (χ2v) is 12.7. The Bertz CT molecular complexity index is 1630. The summed E-state index contributed by atoms with van der Waals surface area (Å²) in [5.74, 6) is 0.313. The third kappa shape index (κ3) is 8.73. The number of carbonyl (C=O) groups excluding carboxylic acids is 2. The molecule has 4 aromatic carbocycles. The zero-order chi connectivity index (χ0) is 33.3. The fourth-order valence-corrected chi connectivity index (χ4v) is 6.46. The van der Waals surface area contributed by atoms with Crippen molar-refractivity contribution in [2.75, 3.05) is 69.6 Å². The highest BCUT2D eigenvalue weighted by molar-refractivity contribution is 5.94. The first-order valence-corrected chi connectivity index (χ1v) is 16.9. The number of amides is 2. The van der Waals surface area contributed by atoms with Crippen LogP contribution in [-0.2, 0) is 11.3 Å². The molecule has 9 nitrogen and oxygen atoms in total. The third-order valence-corrected chi connectivity index (χ3v) is 9.35. The smallest absolute Gasteiger partial charge is 0.411 e. The fraction of sp³-hybridized carbons (Fsp3) is 0.333. The van der Waals surface area contributed by atoms with Crippen LogP contribution in [0, 0.1) is 0 Å². The van der Waals surface area contributed by atoms with Crippen molar-refractivity contribution in [1.29, 1.82) is 0 Å². The largest absolute Gasteiger partial charge is 0.508 e. The molecule has 2 aliphatic heterocycles. The van der Waals surface area contributed by atoms with Crippen LogP contribution in [0.25, 0.3) is 11.1 Å². The number of hydrogen-bond acceptors (Lipinski definition) is 7. The standard InChI is InChI=1S/C39H45N5O4/c1-41(38(46)32-13-11-30(12-14-32)29-43-25-27-44(28-26-43)33-15-17-34(45)18-16-33)23-24-42-21-19-35(20-22-42)48-39(47)40-37-10-6-5-9-36(37)31-7-3-2-4-8-31/h2-18,35,45H,19-29H2,1H3,(H,40,47). The lowest BCUT2D eigenvalue weighted by Gasteiger charge is -2.36.